The minimum absolute atomic E-state index is 0.126. The van der Waals surface area contributed by atoms with Gasteiger partial charge in [0.1, 0.15) is 0 Å². The molecular weight excluding hydrogens is 244 g/mol. The molecule has 0 atom stereocenters. The summed E-state index contributed by atoms with van der Waals surface area (Å²) in [6.45, 7) is 6.41. The fraction of sp³-hybridized carbons (Fsp3) is 0.429. The summed E-state index contributed by atoms with van der Waals surface area (Å²) in [6, 6.07) is 4.61. The van der Waals surface area contributed by atoms with Crippen LogP contribution < -0.4 is 10.6 Å². The number of anilines is 1. The SMILES string of the molecule is Cc1cccc(NC(=O)NCCC(C)C)c1C(=O)O. The first-order valence-corrected chi connectivity index (χ1v) is 6.29. The minimum atomic E-state index is -1.05. The molecule has 19 heavy (non-hydrogen) atoms. The standard InChI is InChI=1S/C14H20N2O3/c1-9(2)7-8-15-14(19)16-11-6-4-5-10(3)12(11)13(17)18/h4-6,9H,7-8H2,1-3H3,(H,17,18)(H2,15,16,19). The summed E-state index contributed by atoms with van der Waals surface area (Å²) in [4.78, 5) is 22.8. The van der Waals surface area contributed by atoms with Crippen LogP contribution in [0, 0.1) is 12.8 Å². The van der Waals surface area contributed by atoms with Gasteiger partial charge < -0.3 is 15.7 Å². The van der Waals surface area contributed by atoms with Crippen molar-refractivity contribution in [3.05, 3.63) is 29.3 Å². The number of nitrogens with one attached hydrogen (secondary N) is 2. The van der Waals surface area contributed by atoms with Gasteiger partial charge in [-0.2, -0.15) is 0 Å². The largest absolute Gasteiger partial charge is 0.478 e. The second-order valence-corrected chi connectivity index (χ2v) is 4.87. The molecule has 0 fully saturated rings. The van der Waals surface area contributed by atoms with Gasteiger partial charge in [-0.3, -0.25) is 0 Å². The highest BCUT2D eigenvalue weighted by Gasteiger charge is 2.14. The molecule has 0 bridgehead atoms. The molecule has 5 nitrogen and oxygen atoms in total. The number of carbonyl (C=O) groups excluding carboxylic acids is 1. The van der Waals surface area contributed by atoms with E-state index < -0.39 is 5.97 Å². The van der Waals surface area contributed by atoms with E-state index in [2.05, 4.69) is 24.5 Å². The van der Waals surface area contributed by atoms with Crippen LogP contribution in [0.25, 0.3) is 0 Å². The molecule has 0 aliphatic rings. The Morgan fingerprint density at radius 2 is 2.00 bits per heavy atom. The van der Waals surface area contributed by atoms with E-state index in [0.717, 1.165) is 6.42 Å². The van der Waals surface area contributed by atoms with Crippen LogP contribution in [0.4, 0.5) is 10.5 Å². The molecule has 104 valence electrons. The number of benzene rings is 1. The number of hydrogen-bond donors (Lipinski definition) is 3. The monoisotopic (exact) mass is 264 g/mol. The van der Waals surface area contributed by atoms with Crippen molar-refractivity contribution in [2.75, 3.05) is 11.9 Å². The Kier molecular flexibility index (Phi) is 5.36. The van der Waals surface area contributed by atoms with Gasteiger partial charge in [0, 0.05) is 6.54 Å². The maximum Gasteiger partial charge on any atom is 0.338 e. The predicted octanol–water partition coefficient (Wildman–Crippen LogP) is 2.86. The number of aromatic carboxylic acids is 1. The third kappa shape index (κ3) is 4.62. The topological polar surface area (TPSA) is 78.4 Å². The third-order valence-corrected chi connectivity index (χ3v) is 2.74. The first-order chi connectivity index (χ1) is 8.91. The van der Waals surface area contributed by atoms with Crippen molar-refractivity contribution >= 4 is 17.7 Å². The predicted molar refractivity (Wildman–Crippen MR) is 74.6 cm³/mol. The molecule has 0 unspecified atom stereocenters. The number of aryl methyl sites for hydroxylation is 1. The lowest BCUT2D eigenvalue weighted by Crippen LogP contribution is -2.30. The van der Waals surface area contributed by atoms with Crippen molar-refractivity contribution < 1.29 is 14.7 Å². The van der Waals surface area contributed by atoms with Gasteiger partial charge in [0.15, 0.2) is 0 Å². The molecule has 0 aliphatic carbocycles. The van der Waals surface area contributed by atoms with Crippen LogP contribution in [0.15, 0.2) is 18.2 Å². The van der Waals surface area contributed by atoms with E-state index in [1.54, 1.807) is 25.1 Å². The maximum atomic E-state index is 11.7. The zero-order valence-electron chi connectivity index (χ0n) is 11.5. The van der Waals surface area contributed by atoms with Crippen LogP contribution in [0.1, 0.15) is 36.2 Å². The summed E-state index contributed by atoms with van der Waals surface area (Å²) >= 11 is 0. The van der Waals surface area contributed by atoms with E-state index in [0.29, 0.717) is 23.7 Å². The Hall–Kier alpha value is -2.04. The van der Waals surface area contributed by atoms with Crippen LogP contribution in [-0.4, -0.2) is 23.7 Å². The molecule has 0 saturated heterocycles. The van der Waals surface area contributed by atoms with E-state index in [-0.39, 0.29) is 11.6 Å². The van der Waals surface area contributed by atoms with E-state index in [1.807, 2.05) is 0 Å². The Balaban J connectivity index is 2.69. The first kappa shape index (κ1) is 15.0. The quantitative estimate of drug-likeness (QED) is 0.765. The van der Waals surface area contributed by atoms with Gasteiger partial charge in [-0.25, -0.2) is 9.59 Å². The molecule has 0 aromatic heterocycles. The van der Waals surface area contributed by atoms with E-state index >= 15 is 0 Å². The van der Waals surface area contributed by atoms with Crippen molar-refractivity contribution in [1.29, 1.82) is 0 Å². The molecule has 2 amide bonds. The van der Waals surface area contributed by atoms with Gasteiger partial charge in [-0.1, -0.05) is 26.0 Å². The molecule has 3 N–H and O–H groups in total. The highest BCUT2D eigenvalue weighted by Crippen LogP contribution is 2.19. The fourth-order valence-electron chi connectivity index (χ4n) is 1.70. The lowest BCUT2D eigenvalue weighted by molar-refractivity contribution is 0.0697. The average molecular weight is 264 g/mol. The van der Waals surface area contributed by atoms with Gasteiger partial charge in [0.25, 0.3) is 0 Å². The molecule has 1 aromatic carbocycles. The van der Waals surface area contributed by atoms with Gasteiger partial charge in [-0.15, -0.1) is 0 Å². The van der Waals surface area contributed by atoms with E-state index in [9.17, 15) is 9.59 Å². The second-order valence-electron chi connectivity index (χ2n) is 4.87. The van der Waals surface area contributed by atoms with Gasteiger partial charge in [-0.05, 0) is 30.9 Å². The average Bonchev–Trinajstić information content (AvgIpc) is 2.27. The van der Waals surface area contributed by atoms with Gasteiger partial charge in [0.05, 0.1) is 11.3 Å². The fourth-order valence-corrected chi connectivity index (χ4v) is 1.70. The molecule has 0 spiro atoms. The van der Waals surface area contributed by atoms with Crippen molar-refractivity contribution in [2.45, 2.75) is 27.2 Å². The second kappa shape index (κ2) is 6.78. The van der Waals surface area contributed by atoms with Crippen LogP contribution in [0.2, 0.25) is 0 Å². The Morgan fingerprint density at radius 1 is 1.32 bits per heavy atom. The number of urea groups is 1. The zero-order chi connectivity index (χ0) is 14.4. The lowest BCUT2D eigenvalue weighted by atomic mass is 10.1. The molecule has 1 rings (SSSR count). The highest BCUT2D eigenvalue weighted by atomic mass is 16.4. The summed E-state index contributed by atoms with van der Waals surface area (Å²) in [5.74, 6) is -0.538. The minimum Gasteiger partial charge on any atom is -0.478 e. The Morgan fingerprint density at radius 3 is 2.58 bits per heavy atom. The van der Waals surface area contributed by atoms with Crippen molar-refractivity contribution in [3.63, 3.8) is 0 Å². The summed E-state index contributed by atoms with van der Waals surface area (Å²) in [5.41, 5.74) is 1.06. The summed E-state index contributed by atoms with van der Waals surface area (Å²) < 4.78 is 0. The van der Waals surface area contributed by atoms with Crippen molar-refractivity contribution in [1.82, 2.24) is 5.32 Å². The maximum absolute atomic E-state index is 11.7. The first-order valence-electron chi connectivity index (χ1n) is 6.29. The number of rotatable bonds is 5. The van der Waals surface area contributed by atoms with Crippen LogP contribution in [0.3, 0.4) is 0 Å². The molecule has 0 radical (unpaired) electrons. The molecule has 5 heteroatoms. The van der Waals surface area contributed by atoms with Crippen LogP contribution in [-0.2, 0) is 0 Å². The van der Waals surface area contributed by atoms with Crippen molar-refractivity contribution in [2.24, 2.45) is 5.92 Å². The Bertz CT molecular complexity index is 470. The number of carboxylic acids is 1. The number of carboxylic acid groups (broad SMARTS) is 1. The number of carbonyl (C=O) groups is 2. The normalized spacial score (nSPS) is 10.3. The zero-order valence-corrected chi connectivity index (χ0v) is 11.5. The highest BCUT2D eigenvalue weighted by molar-refractivity contribution is 6.01. The number of hydrogen-bond acceptors (Lipinski definition) is 2. The smallest absolute Gasteiger partial charge is 0.338 e. The van der Waals surface area contributed by atoms with Crippen LogP contribution >= 0.6 is 0 Å². The third-order valence-electron chi connectivity index (χ3n) is 2.74. The Labute approximate surface area is 113 Å². The molecule has 0 heterocycles. The van der Waals surface area contributed by atoms with E-state index in [4.69, 9.17) is 5.11 Å². The van der Waals surface area contributed by atoms with Crippen molar-refractivity contribution in [3.8, 4) is 0 Å². The number of amides is 2. The molecule has 1 aromatic rings. The summed E-state index contributed by atoms with van der Waals surface area (Å²) in [5, 5.41) is 14.4. The molecule has 0 saturated carbocycles. The molecule has 0 aliphatic heterocycles. The summed E-state index contributed by atoms with van der Waals surface area (Å²) in [6.07, 6.45) is 0.882. The van der Waals surface area contributed by atoms with Crippen LogP contribution in [0.5, 0.6) is 0 Å². The van der Waals surface area contributed by atoms with Gasteiger partial charge >= 0.3 is 12.0 Å². The lowest BCUT2D eigenvalue weighted by Gasteiger charge is -2.12. The van der Waals surface area contributed by atoms with Gasteiger partial charge in [0.2, 0.25) is 0 Å². The summed E-state index contributed by atoms with van der Waals surface area (Å²) in [7, 11) is 0. The molecular formula is C14H20N2O3. The van der Waals surface area contributed by atoms with E-state index in [1.165, 1.54) is 0 Å².